The van der Waals surface area contributed by atoms with Crippen molar-refractivity contribution in [2.24, 2.45) is 10.9 Å². The number of hydrogen-bond acceptors (Lipinski definition) is 27. The second-order valence-electron chi connectivity index (χ2n) is 24.4. The van der Waals surface area contributed by atoms with Gasteiger partial charge in [-0.15, -0.1) is 51.8 Å². The topological polar surface area (TPSA) is 477 Å². The van der Waals surface area contributed by atoms with Crippen molar-refractivity contribution in [1.29, 1.82) is 5.41 Å². The first-order valence-electron chi connectivity index (χ1n) is 32.8. The zero-order chi connectivity index (χ0) is 74.2. The maximum atomic E-state index is 12.3. The standard InChI is InChI=1S/C21H21N7O2S.C17H18N6O2S2.C15H14ClN7S.C14H11ClN6O2S.9H2/c1-3-13-11-24-20(26-19(13)25-18-10-15(27-28-18)14-4-5-14)16-6-7-17(31-16)21(30)23-9-8-22-12(2)29;1-2-3-11-9-19-17(13-6-7-15(26-13)27(18,24)25)21-16(11)20-14-8-12(22-23-14)10-4-5-10;16-8-6-19-15(11-4-3-10(24-11)13(17)18)21-14(8)20-12-5-9(22-23-12)7-1-2-7;15-9-5-16-14(11-3-8(6-24-11)21(22)23)18-13(9)17-12-4-10(19-20-12)7-1-2-7;;;;;;;;;/h1,6-7,10-11,14H,4-5,8-9H2,2H3,(H,22,29)(H,23,30)(H2,24,25,26,27,28);2-3,6-10H,4-5H2,1H3,(H2,18,24,25)(H2,19,20,21,22,23);3-7H,1-2H2,(H3,17,18)(H2,19,20,21,22,23);3-7H,1-2H2,(H2,16,17,18,19,20);9*1H/b;3-2-;;;;;;;;;;;. The maximum absolute atomic E-state index is 12.3. The Bertz CT molecular complexity index is 5320. The van der Waals surface area contributed by atoms with E-state index in [1.54, 1.807) is 42.9 Å². The van der Waals surface area contributed by atoms with Gasteiger partial charge in [-0.2, -0.15) is 20.4 Å². The summed E-state index contributed by atoms with van der Waals surface area (Å²) in [5.41, 5.74) is 11.3. The zero-order valence-electron chi connectivity index (χ0n) is 56.1. The van der Waals surface area contributed by atoms with Crippen LogP contribution in [0.1, 0.15) is 150 Å². The van der Waals surface area contributed by atoms with Crippen LogP contribution in [0, 0.1) is 27.9 Å². The van der Waals surface area contributed by atoms with E-state index in [1.807, 2.05) is 49.4 Å². The van der Waals surface area contributed by atoms with Crippen LogP contribution in [0.5, 0.6) is 0 Å². The Balaban J connectivity index is 0.000000316. The van der Waals surface area contributed by atoms with Crippen LogP contribution in [-0.4, -0.2) is 125 Å². The van der Waals surface area contributed by atoms with Gasteiger partial charge in [-0.05, 0) is 94.7 Å². The SMILES string of the molecule is C#Cc1cnc(-c2ccc(C(=O)NCCNC(C)=O)s2)nc1Nc1cc(C2CC2)[nH]n1.C/C=C\c1cnc(-c2ccc(S(N)(=O)=O)s2)nc1Nc1cc(C2CC2)[nH]n1.N=C(N)c1ccc(-c2ncc(Cl)c(Nc3cc(C4CC4)[nH]n3)n2)s1.O=[N+]([O-])c1csc(-c2ncc(Cl)c(Nc3cc(C4CC4)[nH]n3)n2)c1.[HH].[HH].[HH].[HH].[HH].[HH].[HH].[HH].[HH]. The molecule has 0 radical (unpaired) electrons. The molecule has 4 saturated carbocycles. The van der Waals surface area contributed by atoms with Gasteiger partial charge >= 0.3 is 0 Å². The van der Waals surface area contributed by atoms with Crippen LogP contribution in [-0.2, 0) is 14.8 Å². The van der Waals surface area contributed by atoms with E-state index in [-0.39, 0.29) is 40.4 Å². The van der Waals surface area contributed by atoms with Crippen LogP contribution < -0.4 is 42.8 Å². The van der Waals surface area contributed by atoms with Gasteiger partial charge in [-0.25, -0.2) is 53.4 Å². The molecule has 32 nitrogen and oxygen atoms in total. The minimum atomic E-state index is -3.74. The first kappa shape index (κ1) is 73.1. The summed E-state index contributed by atoms with van der Waals surface area (Å²) in [4.78, 5) is 72.6. The van der Waals surface area contributed by atoms with Gasteiger partial charge in [0.1, 0.15) is 25.9 Å². The van der Waals surface area contributed by atoms with Crippen molar-refractivity contribution < 1.29 is 35.8 Å². The number of sulfonamides is 1. The number of aromatic nitrogens is 16. The van der Waals surface area contributed by atoms with Gasteiger partial charge in [0.15, 0.2) is 64.0 Å². The molecule has 0 unspecified atom stereocenters. The van der Waals surface area contributed by atoms with Crippen LogP contribution in [0.2, 0.25) is 10.0 Å². The third-order valence-electron chi connectivity index (χ3n) is 16.1. The Morgan fingerprint density at radius 2 is 1.06 bits per heavy atom. The number of aromatic amines is 4. The number of primary sulfonamides is 1. The molecule has 4 fully saturated rings. The third-order valence-corrected chi connectivity index (χ3v) is 22.2. The predicted octanol–water partition coefficient (Wildman–Crippen LogP) is 15.4. The number of halogens is 2. The highest BCUT2D eigenvalue weighted by Gasteiger charge is 2.30. The first-order valence-corrected chi connectivity index (χ1v) is 38.4. The van der Waals surface area contributed by atoms with Crippen molar-refractivity contribution in [3.8, 4) is 55.1 Å². The number of rotatable bonds is 24. The van der Waals surface area contributed by atoms with Gasteiger partial charge in [0.25, 0.3) is 11.6 Å². The lowest BCUT2D eigenvalue weighted by molar-refractivity contribution is -0.384. The van der Waals surface area contributed by atoms with Crippen LogP contribution in [0.3, 0.4) is 0 Å². The summed E-state index contributed by atoms with van der Waals surface area (Å²) in [7, 11) is -3.74. The summed E-state index contributed by atoms with van der Waals surface area (Å²) in [5, 5.41) is 72.8. The van der Waals surface area contributed by atoms with E-state index >= 15 is 0 Å². The Hall–Kier alpha value is -11.2. The smallest absolute Gasteiger partial charge is 0.280 e. The summed E-state index contributed by atoms with van der Waals surface area (Å²) in [6, 6.07) is 19.6. The van der Waals surface area contributed by atoms with E-state index in [0.717, 1.165) is 49.4 Å². The molecular weight excluding hydrogens is 1500 g/mol. The third kappa shape index (κ3) is 19.0. The van der Waals surface area contributed by atoms with E-state index in [2.05, 4.69) is 118 Å². The molecule has 0 saturated heterocycles. The lowest BCUT2D eigenvalue weighted by Gasteiger charge is -2.07. The van der Waals surface area contributed by atoms with Crippen LogP contribution >= 0.6 is 68.5 Å². The monoisotopic (exact) mass is 1580 g/mol. The molecule has 12 heterocycles. The number of carbonyl (C=O) groups is 2. The Kier molecular flexibility index (Phi) is 22.4. The molecule has 0 bridgehead atoms. The molecule has 0 spiro atoms. The number of amides is 2. The number of carbonyl (C=O) groups excluding carboxylic acids is 2. The van der Waals surface area contributed by atoms with E-state index in [0.29, 0.717) is 142 Å². The number of terminal acetylenes is 1. The number of nitro groups is 1. The Morgan fingerprint density at radius 3 is 1.50 bits per heavy atom. The number of nitrogens with zero attached hydrogens (tertiary/aromatic N) is 13. The average Bonchev–Trinajstić information content (AvgIpc) is 1.70. The molecule has 15 N–H and O–H groups in total. The van der Waals surface area contributed by atoms with E-state index < -0.39 is 14.9 Å². The molecule has 106 heavy (non-hydrogen) atoms. The fraction of sp³-hybridized carbons (Fsp3) is 0.239. The number of thiophene rings is 4. The van der Waals surface area contributed by atoms with Crippen molar-refractivity contribution in [1.82, 2.24) is 91.3 Å². The average molecular weight is 1580 g/mol. The number of H-pyrrole nitrogens is 4. The highest BCUT2D eigenvalue weighted by Crippen LogP contribution is 2.44. The summed E-state index contributed by atoms with van der Waals surface area (Å²) in [6.07, 6.45) is 25.2. The number of hydrogen-bond donors (Lipinski definition) is 13. The molecule has 560 valence electrons. The molecule has 0 aliphatic heterocycles. The number of anilines is 8. The number of nitrogen functional groups attached to an aromatic ring is 1. The molecule has 4 aliphatic rings. The van der Waals surface area contributed by atoms with E-state index in [1.165, 1.54) is 116 Å². The summed E-state index contributed by atoms with van der Waals surface area (Å²) in [6.45, 7) is 4.06. The minimum Gasteiger partial charge on any atom is -0.383 e. The summed E-state index contributed by atoms with van der Waals surface area (Å²) < 4.78 is 23.1. The highest BCUT2D eigenvalue weighted by atomic mass is 35.5. The normalized spacial score (nSPS) is 13.8. The molecule has 0 atom stereocenters. The molecule has 16 rings (SSSR count). The van der Waals surface area contributed by atoms with Gasteiger partial charge in [-0.3, -0.25) is 45.5 Å². The highest BCUT2D eigenvalue weighted by molar-refractivity contribution is 7.91. The first-order chi connectivity index (χ1) is 51.2. The van der Waals surface area contributed by atoms with Crippen LogP contribution in [0.15, 0.2) is 107 Å². The molecule has 12 aromatic rings. The number of nitrogens with two attached hydrogens (primary N) is 2. The van der Waals surface area contributed by atoms with Crippen molar-refractivity contribution >= 4 is 155 Å². The Morgan fingerprint density at radius 1 is 0.632 bits per heavy atom. The fourth-order valence-electron chi connectivity index (χ4n) is 10.1. The van der Waals surface area contributed by atoms with Crippen molar-refractivity contribution in [3.05, 3.63) is 167 Å². The largest absolute Gasteiger partial charge is 0.383 e. The molecule has 2 amide bonds. The quantitative estimate of drug-likeness (QED) is 0.00667. The molecular formula is C67H82Cl2N26O6S5. The van der Waals surface area contributed by atoms with E-state index in [9.17, 15) is 28.1 Å². The number of nitrogens with one attached hydrogen (secondary N) is 11. The van der Waals surface area contributed by atoms with Crippen LogP contribution in [0.25, 0.3) is 48.9 Å². The lowest BCUT2D eigenvalue weighted by Crippen LogP contribution is -2.33. The van der Waals surface area contributed by atoms with Gasteiger partial charge in [0, 0.05) is 128 Å². The molecule has 0 aromatic carbocycles. The number of allylic oxidation sites excluding steroid dienone is 1. The molecule has 39 heteroatoms. The van der Waals surface area contributed by atoms with Crippen LogP contribution in [0.4, 0.5) is 52.2 Å². The van der Waals surface area contributed by atoms with Crippen molar-refractivity contribution in [2.45, 2.75) is 93.1 Å². The van der Waals surface area contributed by atoms with Gasteiger partial charge < -0.3 is 37.6 Å². The van der Waals surface area contributed by atoms with Gasteiger partial charge in [0.05, 0.1) is 57.5 Å². The maximum Gasteiger partial charge on any atom is 0.280 e. The summed E-state index contributed by atoms with van der Waals surface area (Å²) >= 11 is 17.2. The number of amidine groups is 1. The molecule has 4 aliphatic carbocycles. The second kappa shape index (κ2) is 32.4. The van der Waals surface area contributed by atoms with Gasteiger partial charge in [0.2, 0.25) is 15.9 Å². The van der Waals surface area contributed by atoms with Crippen molar-refractivity contribution in [3.63, 3.8) is 0 Å². The predicted molar refractivity (Wildman–Crippen MR) is 429 cm³/mol. The van der Waals surface area contributed by atoms with E-state index in [4.69, 9.17) is 45.9 Å². The Labute approximate surface area is 643 Å². The lowest BCUT2D eigenvalue weighted by atomic mass is 10.2. The van der Waals surface area contributed by atoms with Gasteiger partial charge in [-0.1, -0.05) is 41.3 Å². The second-order valence-corrected chi connectivity index (χ2v) is 31.1. The molecule has 12 aromatic heterocycles. The zero-order valence-corrected chi connectivity index (χ0v) is 61.7. The van der Waals surface area contributed by atoms with Crippen molar-refractivity contribution in [2.75, 3.05) is 34.4 Å². The summed E-state index contributed by atoms with van der Waals surface area (Å²) in [5.74, 6) is 11.0. The minimum absolute atomic E-state index is 0. The fourth-order valence-corrected chi connectivity index (χ4v) is 14.5.